The van der Waals surface area contributed by atoms with Gasteiger partial charge in [-0.15, -0.1) is 0 Å². The lowest BCUT2D eigenvalue weighted by atomic mass is 10.2. The molecular formula is C12H19FN2O. The first-order valence-corrected chi connectivity index (χ1v) is 5.43. The zero-order valence-corrected chi connectivity index (χ0v) is 10.0. The molecule has 0 radical (unpaired) electrons. The third kappa shape index (κ3) is 3.38. The molecule has 1 aromatic carbocycles. The van der Waals surface area contributed by atoms with Crippen molar-refractivity contribution in [2.45, 2.75) is 19.9 Å². The maximum atomic E-state index is 13.6. The molecule has 1 unspecified atom stereocenters. The van der Waals surface area contributed by atoms with E-state index in [1.165, 1.54) is 6.07 Å². The average molecular weight is 226 g/mol. The first kappa shape index (κ1) is 12.8. The Kier molecular flexibility index (Phi) is 4.55. The van der Waals surface area contributed by atoms with Gasteiger partial charge in [-0.25, -0.2) is 4.39 Å². The van der Waals surface area contributed by atoms with E-state index in [0.29, 0.717) is 18.9 Å². The van der Waals surface area contributed by atoms with Crippen molar-refractivity contribution < 1.29 is 9.13 Å². The Morgan fingerprint density at radius 3 is 2.69 bits per heavy atom. The van der Waals surface area contributed by atoms with Crippen LogP contribution in [0.5, 0.6) is 5.75 Å². The van der Waals surface area contributed by atoms with Crippen molar-refractivity contribution in [2.24, 2.45) is 5.73 Å². The normalized spacial score (nSPS) is 12.3. The van der Waals surface area contributed by atoms with Crippen LogP contribution in [0, 0.1) is 5.82 Å². The molecule has 1 aromatic rings. The van der Waals surface area contributed by atoms with Crippen LogP contribution in [0.2, 0.25) is 0 Å². The molecule has 0 aliphatic heterocycles. The summed E-state index contributed by atoms with van der Waals surface area (Å²) < 4.78 is 18.7. The number of hydrogen-bond donors (Lipinski definition) is 1. The van der Waals surface area contributed by atoms with E-state index in [2.05, 4.69) is 0 Å². The molecular weight excluding hydrogens is 207 g/mol. The van der Waals surface area contributed by atoms with Crippen LogP contribution in [0.1, 0.15) is 13.8 Å². The van der Waals surface area contributed by atoms with Crippen molar-refractivity contribution in [3.05, 3.63) is 24.0 Å². The van der Waals surface area contributed by atoms with Gasteiger partial charge in [-0.3, -0.25) is 0 Å². The van der Waals surface area contributed by atoms with Crippen molar-refractivity contribution in [3.63, 3.8) is 0 Å². The zero-order chi connectivity index (χ0) is 12.1. The van der Waals surface area contributed by atoms with E-state index < -0.39 is 0 Å². The molecule has 1 atom stereocenters. The lowest BCUT2D eigenvalue weighted by Gasteiger charge is -2.21. The smallest absolute Gasteiger partial charge is 0.167 e. The molecule has 0 fully saturated rings. The molecule has 0 saturated carbocycles. The minimum Gasteiger partial charge on any atom is -0.491 e. The van der Waals surface area contributed by atoms with E-state index >= 15 is 0 Å². The van der Waals surface area contributed by atoms with Crippen molar-refractivity contribution in [2.75, 3.05) is 25.1 Å². The molecule has 0 aromatic heterocycles. The summed E-state index contributed by atoms with van der Waals surface area (Å²) in [5, 5.41) is 0. The van der Waals surface area contributed by atoms with Crippen molar-refractivity contribution in [1.82, 2.24) is 0 Å². The number of halogens is 1. The highest BCUT2D eigenvalue weighted by Crippen LogP contribution is 2.23. The summed E-state index contributed by atoms with van der Waals surface area (Å²) in [6.45, 7) is 4.90. The second-order valence-corrected chi connectivity index (χ2v) is 3.91. The van der Waals surface area contributed by atoms with Gasteiger partial charge < -0.3 is 15.4 Å². The number of anilines is 1. The van der Waals surface area contributed by atoms with Gasteiger partial charge in [0, 0.05) is 31.4 Å². The third-order valence-electron chi connectivity index (χ3n) is 2.22. The zero-order valence-electron chi connectivity index (χ0n) is 10.0. The second kappa shape index (κ2) is 5.70. The van der Waals surface area contributed by atoms with Gasteiger partial charge in [0.1, 0.15) is 0 Å². The summed E-state index contributed by atoms with van der Waals surface area (Å²) in [4.78, 5) is 1.92. The number of nitrogens with zero attached hydrogens (tertiary/aromatic N) is 1. The molecule has 0 amide bonds. The fourth-order valence-electron chi connectivity index (χ4n) is 1.54. The molecule has 90 valence electrons. The van der Waals surface area contributed by atoms with Gasteiger partial charge in [0.05, 0.1) is 6.61 Å². The van der Waals surface area contributed by atoms with E-state index in [4.69, 9.17) is 10.5 Å². The number of hydrogen-bond acceptors (Lipinski definition) is 3. The van der Waals surface area contributed by atoms with Crippen LogP contribution in [0.25, 0.3) is 0 Å². The lowest BCUT2D eigenvalue weighted by Crippen LogP contribution is -2.32. The van der Waals surface area contributed by atoms with E-state index in [9.17, 15) is 4.39 Å². The monoisotopic (exact) mass is 226 g/mol. The van der Waals surface area contributed by atoms with Gasteiger partial charge in [-0.05, 0) is 26.0 Å². The standard InChI is InChI=1S/C12H19FN2O/c1-4-16-12-6-5-10(7-11(12)13)15(3)8-9(2)14/h5-7,9H,4,8,14H2,1-3H3. The average Bonchev–Trinajstić information content (AvgIpc) is 2.20. The molecule has 1 rings (SSSR count). The van der Waals surface area contributed by atoms with Gasteiger partial charge in [0.15, 0.2) is 11.6 Å². The number of benzene rings is 1. The summed E-state index contributed by atoms with van der Waals surface area (Å²) in [5.41, 5.74) is 6.49. The predicted octanol–water partition coefficient (Wildman–Crippen LogP) is 2.01. The highest BCUT2D eigenvalue weighted by Gasteiger charge is 2.08. The summed E-state index contributed by atoms with van der Waals surface area (Å²) in [6.07, 6.45) is 0. The molecule has 0 heterocycles. The highest BCUT2D eigenvalue weighted by atomic mass is 19.1. The van der Waals surface area contributed by atoms with Crippen molar-refractivity contribution >= 4 is 5.69 Å². The number of ether oxygens (including phenoxy) is 1. The minimum atomic E-state index is -0.337. The largest absolute Gasteiger partial charge is 0.491 e. The predicted molar refractivity (Wildman–Crippen MR) is 64.5 cm³/mol. The molecule has 4 heteroatoms. The van der Waals surface area contributed by atoms with Gasteiger partial charge in [0.2, 0.25) is 0 Å². The number of rotatable bonds is 5. The summed E-state index contributed by atoms with van der Waals surface area (Å²) in [6, 6.07) is 5.00. The van der Waals surface area contributed by atoms with Gasteiger partial charge in [0.25, 0.3) is 0 Å². The quantitative estimate of drug-likeness (QED) is 0.834. The number of likely N-dealkylation sites (N-methyl/N-ethyl adjacent to an activating group) is 1. The fraction of sp³-hybridized carbons (Fsp3) is 0.500. The van der Waals surface area contributed by atoms with Crippen molar-refractivity contribution in [3.8, 4) is 5.75 Å². The minimum absolute atomic E-state index is 0.0552. The van der Waals surface area contributed by atoms with Crippen LogP contribution in [-0.2, 0) is 0 Å². The maximum Gasteiger partial charge on any atom is 0.167 e. The van der Waals surface area contributed by atoms with Crippen molar-refractivity contribution in [1.29, 1.82) is 0 Å². The van der Waals surface area contributed by atoms with Crippen LogP contribution >= 0.6 is 0 Å². The van der Waals surface area contributed by atoms with Gasteiger partial charge in [-0.2, -0.15) is 0 Å². The van der Waals surface area contributed by atoms with Crippen LogP contribution in [-0.4, -0.2) is 26.2 Å². The number of nitrogens with two attached hydrogens (primary N) is 1. The van der Waals surface area contributed by atoms with Crippen LogP contribution in [0.4, 0.5) is 10.1 Å². The summed E-state index contributed by atoms with van der Waals surface area (Å²) >= 11 is 0. The molecule has 3 nitrogen and oxygen atoms in total. The van der Waals surface area contributed by atoms with Gasteiger partial charge >= 0.3 is 0 Å². The Morgan fingerprint density at radius 1 is 1.50 bits per heavy atom. The topological polar surface area (TPSA) is 38.5 Å². The lowest BCUT2D eigenvalue weighted by molar-refractivity contribution is 0.321. The molecule has 0 aliphatic rings. The van der Waals surface area contributed by atoms with E-state index in [0.717, 1.165) is 5.69 Å². The van der Waals surface area contributed by atoms with E-state index in [1.807, 2.05) is 31.9 Å². The molecule has 0 bridgehead atoms. The third-order valence-corrected chi connectivity index (χ3v) is 2.22. The maximum absolute atomic E-state index is 13.6. The molecule has 0 aliphatic carbocycles. The molecule has 0 saturated heterocycles. The van der Waals surface area contributed by atoms with Gasteiger partial charge in [-0.1, -0.05) is 0 Å². The highest BCUT2D eigenvalue weighted by molar-refractivity contribution is 5.49. The van der Waals surface area contributed by atoms with Crippen LogP contribution < -0.4 is 15.4 Å². The van der Waals surface area contributed by atoms with E-state index in [-0.39, 0.29) is 11.9 Å². The fourth-order valence-corrected chi connectivity index (χ4v) is 1.54. The Morgan fingerprint density at radius 2 is 2.19 bits per heavy atom. The Labute approximate surface area is 96.0 Å². The molecule has 2 N–H and O–H groups in total. The van der Waals surface area contributed by atoms with Crippen LogP contribution in [0.3, 0.4) is 0 Å². The SMILES string of the molecule is CCOc1ccc(N(C)CC(C)N)cc1F. The molecule has 16 heavy (non-hydrogen) atoms. The van der Waals surface area contributed by atoms with Crippen LogP contribution in [0.15, 0.2) is 18.2 Å². The Hall–Kier alpha value is -1.29. The summed E-state index contributed by atoms with van der Waals surface area (Å²) in [5.74, 6) is -0.0451. The first-order valence-electron chi connectivity index (χ1n) is 5.43. The second-order valence-electron chi connectivity index (χ2n) is 3.91. The molecule has 0 spiro atoms. The van der Waals surface area contributed by atoms with E-state index in [1.54, 1.807) is 6.07 Å². The summed E-state index contributed by atoms with van der Waals surface area (Å²) in [7, 11) is 1.89. The Bertz CT molecular complexity index is 342. The Balaban J connectivity index is 2.79. The first-order chi connectivity index (χ1) is 7.54.